The van der Waals surface area contributed by atoms with Crippen LogP contribution < -0.4 is 4.90 Å². The van der Waals surface area contributed by atoms with Crippen molar-refractivity contribution >= 4 is 43.4 Å². The molecule has 1 aromatic carbocycles. The number of carbonyl (C=O) groups excluding carboxylic acids is 1. The molecule has 0 unspecified atom stereocenters. The molecule has 0 aliphatic carbocycles. The zero-order valence-electron chi connectivity index (χ0n) is 21.0. The maximum Gasteiger partial charge on any atom is 0.281 e. The molecule has 2 aliphatic heterocycles. The molecule has 37 heavy (non-hydrogen) atoms. The first kappa shape index (κ1) is 25.6. The number of piperidine rings is 1. The third-order valence-corrected chi connectivity index (χ3v) is 10.3. The molecule has 9 nitrogen and oxygen atoms in total. The van der Waals surface area contributed by atoms with Crippen LogP contribution in [0.3, 0.4) is 0 Å². The van der Waals surface area contributed by atoms with E-state index >= 15 is 0 Å². The lowest BCUT2D eigenvalue weighted by Crippen LogP contribution is -2.53. The SMILES string of the molecule is CN(C)S(=O)(=O)N1CCN(C(=O)c2cnc3ccsc3c2N2CCC(C#N)(c3ccccc3)CC2)CC1. The number of anilines is 1. The third kappa shape index (κ3) is 4.59. The fraction of sp³-hybridized carbons (Fsp3) is 0.423. The van der Waals surface area contributed by atoms with Gasteiger partial charge in [-0.1, -0.05) is 30.3 Å². The number of benzene rings is 1. The van der Waals surface area contributed by atoms with Crippen LogP contribution in [-0.2, 0) is 15.6 Å². The second kappa shape index (κ2) is 10.0. The summed E-state index contributed by atoms with van der Waals surface area (Å²) in [5, 5.41) is 12.1. The maximum atomic E-state index is 13.8. The van der Waals surface area contributed by atoms with E-state index in [9.17, 15) is 18.5 Å². The van der Waals surface area contributed by atoms with E-state index in [4.69, 9.17) is 0 Å². The largest absolute Gasteiger partial charge is 0.369 e. The normalized spacial score (nSPS) is 18.8. The van der Waals surface area contributed by atoms with Crippen LogP contribution in [0.4, 0.5) is 5.69 Å². The van der Waals surface area contributed by atoms with Gasteiger partial charge in [0, 0.05) is 59.6 Å². The highest BCUT2D eigenvalue weighted by molar-refractivity contribution is 7.86. The van der Waals surface area contributed by atoms with E-state index in [0.29, 0.717) is 44.6 Å². The van der Waals surface area contributed by atoms with Gasteiger partial charge in [0.05, 0.1) is 33.0 Å². The highest BCUT2D eigenvalue weighted by atomic mass is 32.2. The standard InChI is InChI=1S/C26H30N6O3S2/c1-29(2)37(34,35)32-15-13-31(14-16-32)25(33)21-18-28-22-8-17-36-24(22)23(21)30-11-9-26(19-27,10-12-30)20-6-4-3-5-7-20/h3-8,17-18H,9-16H2,1-2H3. The topological polar surface area (TPSA) is 101 Å². The quantitative estimate of drug-likeness (QED) is 0.495. The number of thiophene rings is 1. The van der Waals surface area contributed by atoms with Gasteiger partial charge in [0.2, 0.25) is 0 Å². The van der Waals surface area contributed by atoms with Gasteiger partial charge in [-0.2, -0.15) is 22.3 Å². The first-order valence-corrected chi connectivity index (χ1v) is 14.6. The second-order valence-corrected chi connectivity index (χ2v) is 12.7. The summed E-state index contributed by atoms with van der Waals surface area (Å²) in [4.78, 5) is 22.2. The predicted octanol–water partition coefficient (Wildman–Crippen LogP) is 2.92. The molecule has 2 saturated heterocycles. The summed E-state index contributed by atoms with van der Waals surface area (Å²) in [5.41, 5.74) is 2.74. The number of carbonyl (C=O) groups is 1. The van der Waals surface area contributed by atoms with Crippen LogP contribution in [0.5, 0.6) is 0 Å². The first-order chi connectivity index (χ1) is 17.8. The van der Waals surface area contributed by atoms with Crippen LogP contribution in [0.25, 0.3) is 10.2 Å². The number of amides is 1. The number of hydrogen-bond donors (Lipinski definition) is 0. The smallest absolute Gasteiger partial charge is 0.281 e. The van der Waals surface area contributed by atoms with Gasteiger partial charge in [-0.05, 0) is 29.9 Å². The number of aromatic nitrogens is 1. The lowest BCUT2D eigenvalue weighted by Gasteiger charge is -2.40. The number of hydrogen-bond acceptors (Lipinski definition) is 7. The molecule has 2 fully saturated rings. The molecule has 3 aromatic rings. The van der Waals surface area contributed by atoms with Crippen LogP contribution in [0.15, 0.2) is 48.0 Å². The molecule has 0 saturated carbocycles. The van der Waals surface area contributed by atoms with Crippen LogP contribution in [0.2, 0.25) is 0 Å². The summed E-state index contributed by atoms with van der Waals surface area (Å²) < 4.78 is 28.6. The summed E-state index contributed by atoms with van der Waals surface area (Å²) in [6, 6.07) is 14.5. The molecule has 2 aromatic heterocycles. The van der Waals surface area contributed by atoms with E-state index in [1.807, 2.05) is 41.8 Å². The Hall–Kier alpha value is -3.04. The minimum atomic E-state index is -3.51. The van der Waals surface area contributed by atoms with Gasteiger partial charge in [-0.15, -0.1) is 11.3 Å². The zero-order chi connectivity index (χ0) is 26.2. The van der Waals surface area contributed by atoms with E-state index < -0.39 is 15.6 Å². The van der Waals surface area contributed by atoms with Crippen molar-refractivity contribution in [2.75, 3.05) is 58.3 Å². The Bertz CT molecular complexity index is 1430. The molecule has 11 heteroatoms. The highest BCUT2D eigenvalue weighted by Crippen LogP contribution is 2.40. The molecule has 5 rings (SSSR count). The van der Waals surface area contributed by atoms with E-state index in [2.05, 4.69) is 16.0 Å². The molecular formula is C26H30N6O3S2. The van der Waals surface area contributed by atoms with Gasteiger partial charge < -0.3 is 9.80 Å². The molecular weight excluding hydrogens is 508 g/mol. The van der Waals surface area contributed by atoms with Crippen molar-refractivity contribution in [3.63, 3.8) is 0 Å². The number of rotatable bonds is 5. The molecule has 0 bridgehead atoms. The molecule has 0 spiro atoms. The summed E-state index contributed by atoms with van der Waals surface area (Å²) >= 11 is 1.56. The van der Waals surface area contributed by atoms with Crippen molar-refractivity contribution in [1.29, 1.82) is 5.26 Å². The molecule has 194 valence electrons. The molecule has 0 atom stereocenters. The van der Waals surface area contributed by atoms with Gasteiger partial charge in [0.1, 0.15) is 0 Å². The van der Waals surface area contributed by atoms with E-state index in [1.54, 1.807) is 22.4 Å². The van der Waals surface area contributed by atoms with Crippen LogP contribution in [0.1, 0.15) is 28.8 Å². The minimum Gasteiger partial charge on any atom is -0.369 e. The van der Waals surface area contributed by atoms with Crippen LogP contribution >= 0.6 is 11.3 Å². The van der Waals surface area contributed by atoms with Crippen molar-refractivity contribution in [2.45, 2.75) is 18.3 Å². The second-order valence-electron chi connectivity index (χ2n) is 9.68. The van der Waals surface area contributed by atoms with E-state index in [-0.39, 0.29) is 19.0 Å². The summed E-state index contributed by atoms with van der Waals surface area (Å²) in [5.74, 6) is -0.139. The Morgan fingerprint density at radius 3 is 2.35 bits per heavy atom. The number of fused-ring (bicyclic) bond motifs is 1. The number of nitriles is 1. The van der Waals surface area contributed by atoms with Gasteiger partial charge >= 0.3 is 0 Å². The van der Waals surface area contributed by atoms with Crippen molar-refractivity contribution in [2.24, 2.45) is 0 Å². The van der Waals surface area contributed by atoms with E-state index in [1.165, 1.54) is 22.7 Å². The zero-order valence-corrected chi connectivity index (χ0v) is 22.6. The number of piperazine rings is 1. The Morgan fingerprint density at radius 2 is 1.73 bits per heavy atom. The predicted molar refractivity (Wildman–Crippen MR) is 145 cm³/mol. The monoisotopic (exact) mass is 538 g/mol. The van der Waals surface area contributed by atoms with Crippen molar-refractivity contribution in [1.82, 2.24) is 18.5 Å². The van der Waals surface area contributed by atoms with Gasteiger partial charge in [-0.3, -0.25) is 9.78 Å². The molecule has 1 amide bonds. The number of nitrogens with zero attached hydrogens (tertiary/aromatic N) is 6. The fourth-order valence-electron chi connectivity index (χ4n) is 5.23. The lowest BCUT2D eigenvalue weighted by atomic mass is 9.74. The molecule has 0 N–H and O–H groups in total. The molecule has 4 heterocycles. The van der Waals surface area contributed by atoms with Crippen molar-refractivity contribution in [3.05, 3.63) is 59.1 Å². The van der Waals surface area contributed by atoms with Crippen molar-refractivity contribution in [3.8, 4) is 6.07 Å². The Balaban J connectivity index is 1.40. The Labute approximate surface area is 221 Å². The minimum absolute atomic E-state index is 0.139. The van der Waals surface area contributed by atoms with E-state index in [0.717, 1.165) is 21.5 Å². The van der Waals surface area contributed by atoms with Gasteiger partial charge in [-0.25, -0.2) is 0 Å². The average Bonchev–Trinajstić information content (AvgIpc) is 3.42. The summed E-state index contributed by atoms with van der Waals surface area (Å²) in [7, 11) is -0.489. The average molecular weight is 539 g/mol. The van der Waals surface area contributed by atoms with Crippen molar-refractivity contribution < 1.29 is 13.2 Å². The van der Waals surface area contributed by atoms with Crippen LogP contribution in [0, 0.1) is 11.3 Å². The third-order valence-electron chi connectivity index (χ3n) is 7.46. The highest BCUT2D eigenvalue weighted by Gasteiger charge is 2.38. The number of pyridine rings is 1. The first-order valence-electron chi connectivity index (χ1n) is 12.3. The van der Waals surface area contributed by atoms with Gasteiger partial charge in [0.25, 0.3) is 16.1 Å². The molecule has 2 aliphatic rings. The Kier molecular flexibility index (Phi) is 6.93. The lowest BCUT2D eigenvalue weighted by molar-refractivity contribution is 0.0695. The Morgan fingerprint density at radius 1 is 1.05 bits per heavy atom. The fourth-order valence-corrected chi connectivity index (χ4v) is 7.24. The summed E-state index contributed by atoms with van der Waals surface area (Å²) in [6.45, 7) is 2.44. The molecule has 0 radical (unpaired) electrons. The van der Waals surface area contributed by atoms with Crippen LogP contribution in [-0.4, -0.2) is 86.2 Å². The van der Waals surface area contributed by atoms with Gasteiger partial charge in [0.15, 0.2) is 0 Å². The maximum absolute atomic E-state index is 13.8. The summed E-state index contributed by atoms with van der Waals surface area (Å²) in [6.07, 6.45) is 2.98.